The molecule has 3 rings (SSSR count). The van der Waals surface area contributed by atoms with Crippen molar-refractivity contribution in [3.8, 4) is 11.5 Å². The standard InChI is InChI=1S/C16H12O3/c1-18-12-8-6-11(7-9-12)10-15-16(17)13-4-2-3-5-14(13)19-15/h2-10H,1H3/b15-10+. The van der Waals surface area contributed by atoms with Crippen molar-refractivity contribution >= 4 is 11.9 Å². The summed E-state index contributed by atoms with van der Waals surface area (Å²) in [6.07, 6.45) is 1.74. The van der Waals surface area contributed by atoms with Crippen LogP contribution in [0.2, 0.25) is 0 Å². The average molecular weight is 252 g/mol. The molecule has 94 valence electrons. The van der Waals surface area contributed by atoms with Gasteiger partial charge in [0.15, 0.2) is 5.76 Å². The molecule has 0 amide bonds. The van der Waals surface area contributed by atoms with Crippen molar-refractivity contribution in [2.45, 2.75) is 0 Å². The van der Waals surface area contributed by atoms with Gasteiger partial charge in [0, 0.05) is 0 Å². The maximum Gasteiger partial charge on any atom is 0.231 e. The molecule has 0 spiro atoms. The first kappa shape index (κ1) is 11.5. The van der Waals surface area contributed by atoms with E-state index < -0.39 is 0 Å². The Balaban J connectivity index is 1.92. The van der Waals surface area contributed by atoms with Gasteiger partial charge in [0.05, 0.1) is 12.7 Å². The van der Waals surface area contributed by atoms with Gasteiger partial charge in [-0.15, -0.1) is 0 Å². The van der Waals surface area contributed by atoms with Crippen LogP contribution in [0.25, 0.3) is 6.08 Å². The summed E-state index contributed by atoms with van der Waals surface area (Å²) in [5.41, 5.74) is 1.51. The molecule has 2 aromatic carbocycles. The molecule has 0 atom stereocenters. The number of carbonyl (C=O) groups is 1. The highest BCUT2D eigenvalue weighted by Crippen LogP contribution is 2.31. The number of hydrogen-bond donors (Lipinski definition) is 0. The molecule has 0 saturated carbocycles. The average Bonchev–Trinajstić information content (AvgIpc) is 2.77. The summed E-state index contributed by atoms with van der Waals surface area (Å²) in [6.45, 7) is 0. The molecule has 0 saturated heterocycles. The minimum absolute atomic E-state index is 0.0774. The van der Waals surface area contributed by atoms with Crippen LogP contribution in [0, 0.1) is 0 Å². The molecule has 0 fully saturated rings. The first-order chi connectivity index (χ1) is 9.28. The largest absolute Gasteiger partial charge is 0.497 e. The van der Waals surface area contributed by atoms with E-state index in [0.29, 0.717) is 17.1 Å². The summed E-state index contributed by atoms with van der Waals surface area (Å²) in [5.74, 6) is 1.68. The highest BCUT2D eigenvalue weighted by atomic mass is 16.5. The normalized spacial score (nSPS) is 15.2. The van der Waals surface area contributed by atoms with Crippen molar-refractivity contribution in [2.75, 3.05) is 7.11 Å². The second-order valence-electron chi connectivity index (χ2n) is 4.21. The van der Waals surface area contributed by atoms with E-state index in [1.807, 2.05) is 36.4 Å². The predicted molar refractivity (Wildman–Crippen MR) is 72.4 cm³/mol. The minimum atomic E-state index is -0.0774. The predicted octanol–water partition coefficient (Wildman–Crippen LogP) is 3.31. The van der Waals surface area contributed by atoms with Crippen LogP contribution in [0.1, 0.15) is 15.9 Å². The van der Waals surface area contributed by atoms with E-state index >= 15 is 0 Å². The van der Waals surface area contributed by atoms with Crippen LogP contribution >= 0.6 is 0 Å². The Hall–Kier alpha value is -2.55. The summed E-state index contributed by atoms with van der Waals surface area (Å²) < 4.78 is 10.7. The van der Waals surface area contributed by atoms with E-state index in [9.17, 15) is 4.79 Å². The Kier molecular flexibility index (Phi) is 2.80. The van der Waals surface area contributed by atoms with Crippen molar-refractivity contribution in [3.05, 3.63) is 65.4 Å². The van der Waals surface area contributed by atoms with Crippen molar-refractivity contribution in [1.29, 1.82) is 0 Å². The SMILES string of the molecule is COc1ccc(/C=C2/Oc3ccccc3C2=O)cc1. The highest BCUT2D eigenvalue weighted by Gasteiger charge is 2.26. The number of carbonyl (C=O) groups excluding carboxylic acids is 1. The Morgan fingerprint density at radius 1 is 1.05 bits per heavy atom. The number of methoxy groups -OCH3 is 1. The fourth-order valence-electron chi connectivity index (χ4n) is 1.99. The first-order valence-corrected chi connectivity index (χ1v) is 5.95. The lowest BCUT2D eigenvalue weighted by Crippen LogP contribution is -1.97. The number of ether oxygens (including phenoxy) is 2. The van der Waals surface area contributed by atoms with Gasteiger partial charge in [0.2, 0.25) is 5.78 Å². The number of para-hydroxylation sites is 1. The van der Waals surface area contributed by atoms with Crippen LogP contribution in [-0.4, -0.2) is 12.9 Å². The molecular weight excluding hydrogens is 240 g/mol. The number of allylic oxidation sites excluding steroid dienone is 1. The Labute approximate surface area is 111 Å². The third-order valence-corrected chi connectivity index (χ3v) is 2.99. The quantitative estimate of drug-likeness (QED) is 0.769. The number of fused-ring (bicyclic) bond motifs is 1. The molecule has 2 aromatic rings. The molecule has 0 unspecified atom stereocenters. The molecular formula is C16H12O3. The van der Waals surface area contributed by atoms with Gasteiger partial charge in [-0.25, -0.2) is 0 Å². The number of Topliss-reactive ketones (excluding diaryl/α,β-unsaturated/α-hetero) is 1. The molecule has 0 aromatic heterocycles. The first-order valence-electron chi connectivity index (χ1n) is 5.95. The number of rotatable bonds is 2. The van der Waals surface area contributed by atoms with Crippen LogP contribution in [-0.2, 0) is 0 Å². The molecule has 1 aliphatic rings. The lowest BCUT2D eigenvalue weighted by Gasteiger charge is -2.00. The third-order valence-electron chi connectivity index (χ3n) is 2.99. The maximum atomic E-state index is 12.1. The number of ketones is 1. The molecule has 3 heteroatoms. The van der Waals surface area contributed by atoms with Gasteiger partial charge in [0.1, 0.15) is 11.5 Å². The summed E-state index contributed by atoms with van der Waals surface area (Å²) in [6, 6.07) is 14.7. The second-order valence-corrected chi connectivity index (χ2v) is 4.21. The molecule has 19 heavy (non-hydrogen) atoms. The Morgan fingerprint density at radius 3 is 2.47 bits per heavy atom. The molecule has 0 N–H and O–H groups in total. The molecule has 1 aliphatic heterocycles. The van der Waals surface area contributed by atoms with E-state index in [2.05, 4.69) is 0 Å². The van der Waals surface area contributed by atoms with Crippen molar-refractivity contribution in [2.24, 2.45) is 0 Å². The minimum Gasteiger partial charge on any atom is -0.497 e. The lowest BCUT2D eigenvalue weighted by atomic mass is 10.1. The van der Waals surface area contributed by atoms with E-state index in [0.717, 1.165) is 11.3 Å². The molecule has 3 nitrogen and oxygen atoms in total. The molecule has 0 bridgehead atoms. The van der Waals surface area contributed by atoms with Gasteiger partial charge in [0.25, 0.3) is 0 Å². The number of hydrogen-bond acceptors (Lipinski definition) is 3. The lowest BCUT2D eigenvalue weighted by molar-refractivity contribution is 0.101. The van der Waals surface area contributed by atoms with Crippen LogP contribution in [0.4, 0.5) is 0 Å². The highest BCUT2D eigenvalue weighted by molar-refractivity contribution is 6.14. The van der Waals surface area contributed by atoms with Gasteiger partial charge < -0.3 is 9.47 Å². The van der Waals surface area contributed by atoms with Crippen LogP contribution in [0.5, 0.6) is 11.5 Å². The Morgan fingerprint density at radius 2 is 1.79 bits per heavy atom. The van der Waals surface area contributed by atoms with Gasteiger partial charge in [-0.2, -0.15) is 0 Å². The van der Waals surface area contributed by atoms with Crippen molar-refractivity contribution < 1.29 is 14.3 Å². The zero-order valence-electron chi connectivity index (χ0n) is 10.4. The summed E-state index contributed by atoms with van der Waals surface area (Å²) in [4.78, 5) is 12.1. The maximum absolute atomic E-state index is 12.1. The monoisotopic (exact) mass is 252 g/mol. The zero-order valence-corrected chi connectivity index (χ0v) is 10.4. The summed E-state index contributed by atoms with van der Waals surface area (Å²) in [5, 5.41) is 0. The van der Waals surface area contributed by atoms with Gasteiger partial charge in [-0.05, 0) is 35.9 Å². The van der Waals surface area contributed by atoms with Gasteiger partial charge in [-0.3, -0.25) is 4.79 Å². The number of benzene rings is 2. The van der Waals surface area contributed by atoms with E-state index in [4.69, 9.17) is 9.47 Å². The smallest absolute Gasteiger partial charge is 0.231 e. The van der Waals surface area contributed by atoms with E-state index in [1.165, 1.54) is 0 Å². The van der Waals surface area contributed by atoms with E-state index in [-0.39, 0.29) is 5.78 Å². The van der Waals surface area contributed by atoms with Crippen LogP contribution in [0.3, 0.4) is 0 Å². The van der Waals surface area contributed by atoms with Crippen molar-refractivity contribution in [1.82, 2.24) is 0 Å². The molecule has 1 heterocycles. The third kappa shape index (κ3) is 2.10. The van der Waals surface area contributed by atoms with Crippen LogP contribution in [0.15, 0.2) is 54.3 Å². The van der Waals surface area contributed by atoms with Gasteiger partial charge in [-0.1, -0.05) is 24.3 Å². The van der Waals surface area contributed by atoms with Crippen molar-refractivity contribution in [3.63, 3.8) is 0 Å². The van der Waals surface area contributed by atoms with Crippen LogP contribution < -0.4 is 9.47 Å². The van der Waals surface area contributed by atoms with Gasteiger partial charge >= 0.3 is 0 Å². The fraction of sp³-hybridized carbons (Fsp3) is 0.0625. The zero-order chi connectivity index (χ0) is 13.2. The topological polar surface area (TPSA) is 35.5 Å². The molecule has 0 radical (unpaired) electrons. The molecule has 0 aliphatic carbocycles. The Bertz CT molecular complexity index is 654. The second kappa shape index (κ2) is 4.61. The summed E-state index contributed by atoms with van der Waals surface area (Å²) >= 11 is 0. The van der Waals surface area contributed by atoms with E-state index in [1.54, 1.807) is 25.3 Å². The fourth-order valence-corrected chi connectivity index (χ4v) is 1.99. The summed E-state index contributed by atoms with van der Waals surface area (Å²) in [7, 11) is 1.62.